The molecule has 0 aliphatic heterocycles. The van der Waals surface area contributed by atoms with Crippen LogP contribution in [-0.2, 0) is 0 Å². The number of furan rings is 1. The van der Waals surface area contributed by atoms with E-state index in [1.165, 1.54) is 19.3 Å². The molecular formula is C17H24IN3O. The Hall–Kier alpha value is -1.24. The number of nitrogens with zero attached hydrogens (tertiary/aromatic N) is 1. The van der Waals surface area contributed by atoms with E-state index < -0.39 is 0 Å². The van der Waals surface area contributed by atoms with E-state index in [0.29, 0.717) is 0 Å². The monoisotopic (exact) mass is 413 g/mol. The second-order valence-electron chi connectivity index (χ2n) is 5.78. The molecule has 5 heteroatoms. The van der Waals surface area contributed by atoms with Crippen LogP contribution >= 0.6 is 24.0 Å². The van der Waals surface area contributed by atoms with Gasteiger partial charge in [-0.25, -0.2) is 0 Å². The third-order valence-electron chi connectivity index (χ3n) is 3.99. The fourth-order valence-corrected chi connectivity index (χ4v) is 2.49. The van der Waals surface area contributed by atoms with Gasteiger partial charge in [-0.15, -0.1) is 24.0 Å². The molecule has 1 saturated carbocycles. The van der Waals surface area contributed by atoms with Crippen LogP contribution in [0.3, 0.4) is 0 Å². The molecule has 1 unspecified atom stereocenters. The molecule has 0 spiro atoms. The van der Waals surface area contributed by atoms with E-state index in [0.717, 1.165) is 35.2 Å². The molecule has 0 radical (unpaired) electrons. The lowest BCUT2D eigenvalue weighted by Crippen LogP contribution is -2.39. The summed E-state index contributed by atoms with van der Waals surface area (Å²) in [5, 5.41) is 7.89. The van der Waals surface area contributed by atoms with E-state index in [4.69, 9.17) is 4.42 Å². The van der Waals surface area contributed by atoms with Crippen LogP contribution in [0.4, 0.5) is 0 Å². The van der Waals surface area contributed by atoms with Crippen LogP contribution in [0.1, 0.15) is 38.0 Å². The molecule has 1 heterocycles. The first kappa shape index (κ1) is 17.1. The molecule has 1 aliphatic carbocycles. The second kappa shape index (κ2) is 7.85. The fraction of sp³-hybridized carbons (Fsp3) is 0.471. The summed E-state index contributed by atoms with van der Waals surface area (Å²) in [5.41, 5.74) is 0.929. The van der Waals surface area contributed by atoms with Crippen LogP contribution in [0.15, 0.2) is 39.7 Å². The van der Waals surface area contributed by atoms with Gasteiger partial charge in [-0.1, -0.05) is 31.0 Å². The number of guanidine groups is 1. The Kier molecular flexibility index (Phi) is 6.11. The Morgan fingerprint density at radius 3 is 2.82 bits per heavy atom. The number of hydrogen-bond donors (Lipinski definition) is 2. The van der Waals surface area contributed by atoms with E-state index in [1.807, 2.05) is 18.2 Å². The average molecular weight is 413 g/mol. The van der Waals surface area contributed by atoms with Gasteiger partial charge in [-0.3, -0.25) is 4.99 Å². The molecule has 4 nitrogen and oxygen atoms in total. The highest BCUT2D eigenvalue weighted by Crippen LogP contribution is 2.31. The van der Waals surface area contributed by atoms with Crippen molar-refractivity contribution in [1.82, 2.24) is 10.6 Å². The van der Waals surface area contributed by atoms with Crippen LogP contribution in [0.5, 0.6) is 0 Å². The molecule has 2 N–H and O–H groups in total. The van der Waals surface area contributed by atoms with Crippen LogP contribution in [0.2, 0.25) is 0 Å². The quantitative estimate of drug-likeness (QED) is 0.441. The van der Waals surface area contributed by atoms with Gasteiger partial charge in [-0.2, -0.15) is 0 Å². The average Bonchev–Trinajstić information content (AvgIpc) is 3.21. The second-order valence-corrected chi connectivity index (χ2v) is 5.78. The van der Waals surface area contributed by atoms with Crippen molar-refractivity contribution in [2.24, 2.45) is 10.9 Å². The molecular weight excluding hydrogens is 389 g/mol. The minimum absolute atomic E-state index is 0. The van der Waals surface area contributed by atoms with Crippen molar-refractivity contribution < 1.29 is 4.42 Å². The maximum Gasteiger partial charge on any atom is 0.191 e. The van der Waals surface area contributed by atoms with Gasteiger partial charge in [0.15, 0.2) is 5.96 Å². The van der Waals surface area contributed by atoms with Gasteiger partial charge in [0.2, 0.25) is 0 Å². The topological polar surface area (TPSA) is 49.6 Å². The minimum Gasteiger partial charge on any atom is -0.459 e. The summed E-state index contributed by atoms with van der Waals surface area (Å²) < 4.78 is 5.88. The first-order valence-electron chi connectivity index (χ1n) is 7.72. The molecule has 1 aromatic carbocycles. The molecule has 3 rings (SSSR count). The van der Waals surface area contributed by atoms with Gasteiger partial charge in [0, 0.05) is 19.0 Å². The minimum atomic E-state index is 0. The summed E-state index contributed by atoms with van der Waals surface area (Å²) in [6.45, 7) is 3.07. The predicted octanol–water partition coefficient (Wildman–Crippen LogP) is 4.08. The summed E-state index contributed by atoms with van der Waals surface area (Å²) in [6.07, 6.45) is 4.02. The van der Waals surface area contributed by atoms with Crippen LogP contribution in [0, 0.1) is 5.92 Å². The number of fused-ring (bicyclic) bond motifs is 1. The van der Waals surface area contributed by atoms with Crippen LogP contribution < -0.4 is 10.6 Å². The fourth-order valence-electron chi connectivity index (χ4n) is 2.49. The van der Waals surface area contributed by atoms with Gasteiger partial charge in [0.1, 0.15) is 11.3 Å². The Labute approximate surface area is 148 Å². The van der Waals surface area contributed by atoms with Gasteiger partial charge < -0.3 is 15.1 Å². The number of benzene rings is 1. The Morgan fingerprint density at radius 2 is 2.14 bits per heavy atom. The molecule has 2 aromatic rings. The number of hydrogen-bond acceptors (Lipinski definition) is 2. The lowest BCUT2D eigenvalue weighted by molar-refractivity contribution is 0.488. The Morgan fingerprint density at radius 1 is 1.36 bits per heavy atom. The predicted molar refractivity (Wildman–Crippen MR) is 102 cm³/mol. The molecule has 1 fully saturated rings. The smallest absolute Gasteiger partial charge is 0.191 e. The Bertz CT molecular complexity index is 601. The summed E-state index contributed by atoms with van der Waals surface area (Å²) in [5.74, 6) is 2.70. The van der Waals surface area contributed by atoms with Crippen LogP contribution in [0.25, 0.3) is 11.0 Å². The highest BCUT2D eigenvalue weighted by molar-refractivity contribution is 14.0. The molecule has 0 bridgehead atoms. The summed E-state index contributed by atoms with van der Waals surface area (Å²) in [7, 11) is 1.80. The standard InChI is InChI=1S/C17H23N3O.HI/c1-12(16-11-14-5-3-4-6-15(14)21-16)20-17(18-2)19-10-9-13-7-8-13;/h3-6,11-13H,7-10H2,1-2H3,(H2,18,19,20);1H. The number of aliphatic imine (C=N–C) groups is 1. The highest BCUT2D eigenvalue weighted by Gasteiger charge is 2.20. The lowest BCUT2D eigenvalue weighted by atomic mass is 10.2. The molecule has 0 amide bonds. The zero-order valence-corrected chi connectivity index (χ0v) is 15.5. The van der Waals surface area contributed by atoms with Gasteiger partial charge in [-0.05, 0) is 31.4 Å². The zero-order valence-electron chi connectivity index (χ0n) is 13.1. The van der Waals surface area contributed by atoms with Crippen molar-refractivity contribution >= 4 is 40.9 Å². The van der Waals surface area contributed by atoms with Crippen LogP contribution in [-0.4, -0.2) is 19.6 Å². The third-order valence-corrected chi connectivity index (χ3v) is 3.99. The van der Waals surface area contributed by atoms with Crippen molar-refractivity contribution in [2.45, 2.75) is 32.2 Å². The number of nitrogens with one attached hydrogen (secondary N) is 2. The summed E-state index contributed by atoms with van der Waals surface area (Å²) in [4.78, 5) is 4.28. The highest BCUT2D eigenvalue weighted by atomic mass is 127. The largest absolute Gasteiger partial charge is 0.459 e. The van der Waals surface area contributed by atoms with E-state index in [1.54, 1.807) is 7.05 Å². The summed E-state index contributed by atoms with van der Waals surface area (Å²) in [6, 6.07) is 10.3. The van der Waals surface area contributed by atoms with Crippen molar-refractivity contribution in [3.05, 3.63) is 36.1 Å². The molecule has 0 saturated heterocycles. The zero-order chi connectivity index (χ0) is 14.7. The maximum atomic E-state index is 5.88. The lowest BCUT2D eigenvalue weighted by Gasteiger charge is -2.16. The molecule has 1 aromatic heterocycles. The van der Waals surface area contributed by atoms with E-state index in [2.05, 4.69) is 34.7 Å². The van der Waals surface area contributed by atoms with Gasteiger partial charge >= 0.3 is 0 Å². The van der Waals surface area contributed by atoms with Crippen molar-refractivity contribution in [1.29, 1.82) is 0 Å². The number of halogens is 1. The molecule has 120 valence electrons. The number of rotatable bonds is 5. The molecule has 1 atom stereocenters. The van der Waals surface area contributed by atoms with Crippen molar-refractivity contribution in [3.8, 4) is 0 Å². The molecule has 1 aliphatic rings. The molecule has 22 heavy (non-hydrogen) atoms. The first-order valence-corrected chi connectivity index (χ1v) is 7.72. The van der Waals surface area contributed by atoms with E-state index >= 15 is 0 Å². The van der Waals surface area contributed by atoms with E-state index in [-0.39, 0.29) is 30.0 Å². The first-order chi connectivity index (χ1) is 10.3. The van der Waals surface area contributed by atoms with Gasteiger partial charge in [0.25, 0.3) is 0 Å². The third kappa shape index (κ3) is 4.38. The maximum absolute atomic E-state index is 5.88. The summed E-state index contributed by atoms with van der Waals surface area (Å²) >= 11 is 0. The van der Waals surface area contributed by atoms with E-state index in [9.17, 15) is 0 Å². The van der Waals surface area contributed by atoms with Crippen molar-refractivity contribution in [3.63, 3.8) is 0 Å². The normalized spacial score (nSPS) is 16.2. The van der Waals surface area contributed by atoms with Crippen molar-refractivity contribution in [2.75, 3.05) is 13.6 Å². The Balaban J connectivity index is 0.00000176. The van der Waals surface area contributed by atoms with Gasteiger partial charge in [0.05, 0.1) is 6.04 Å². The SMILES string of the molecule is CN=C(NCCC1CC1)NC(C)c1cc2ccccc2o1.I. The number of para-hydroxylation sites is 1.